The van der Waals surface area contributed by atoms with Gasteiger partial charge in [-0.3, -0.25) is 0 Å². The molecule has 1 rings (SSSR count). The maximum atomic E-state index is 3.73. The summed E-state index contributed by atoms with van der Waals surface area (Å²) in [5.41, 5.74) is 1.45. The van der Waals surface area contributed by atoms with Gasteiger partial charge in [0.05, 0.1) is 0 Å². The summed E-state index contributed by atoms with van der Waals surface area (Å²) in [6.07, 6.45) is 9.66. The molecule has 1 heteroatoms. The fraction of sp³-hybridized carbons (Fsp3) is 0.429. The molecule has 0 bridgehead atoms. The average molecular weight is 267 g/mol. The Balaban J connectivity index is 2.09. The fourth-order valence-corrected chi connectivity index (χ4v) is 1.89. The van der Waals surface area contributed by atoms with Crippen molar-refractivity contribution in [1.82, 2.24) is 0 Å². The molecule has 0 heterocycles. The number of hydrogen-bond acceptors (Lipinski definition) is 0. The van der Waals surface area contributed by atoms with Gasteiger partial charge in [-0.05, 0) is 43.4 Å². The van der Waals surface area contributed by atoms with Crippen molar-refractivity contribution in [3.8, 4) is 0 Å². The van der Waals surface area contributed by atoms with E-state index < -0.39 is 0 Å². The minimum atomic E-state index is 1.16. The van der Waals surface area contributed by atoms with Crippen molar-refractivity contribution in [1.29, 1.82) is 0 Å². The maximum Gasteiger partial charge on any atom is 0.0175 e. The van der Waals surface area contributed by atoms with E-state index in [0.717, 1.165) is 10.9 Å². The van der Waals surface area contributed by atoms with Crippen molar-refractivity contribution in [3.63, 3.8) is 0 Å². The molecule has 0 amide bonds. The van der Waals surface area contributed by atoms with Crippen LogP contribution in [0.15, 0.2) is 41.4 Å². The zero-order valence-corrected chi connectivity index (χ0v) is 10.8. The van der Waals surface area contributed by atoms with Crippen LogP contribution in [0.5, 0.6) is 0 Å². The van der Waals surface area contributed by atoms with Gasteiger partial charge in [0, 0.05) is 4.47 Å². The van der Waals surface area contributed by atoms with Gasteiger partial charge in [0.15, 0.2) is 0 Å². The molecule has 0 spiro atoms. The van der Waals surface area contributed by atoms with E-state index in [9.17, 15) is 0 Å². The smallest absolute Gasteiger partial charge is 0.0175 e. The van der Waals surface area contributed by atoms with Gasteiger partial charge in [0.2, 0.25) is 0 Å². The third-order valence-corrected chi connectivity index (χ3v) is 3.07. The van der Waals surface area contributed by atoms with E-state index in [2.05, 4.69) is 46.8 Å². The normalized spacial score (nSPS) is 10.2. The Labute approximate surface area is 102 Å². The Morgan fingerprint density at radius 2 is 1.67 bits per heavy atom. The first-order valence-electron chi connectivity index (χ1n) is 5.68. The lowest BCUT2D eigenvalue weighted by Gasteiger charge is -2.01. The molecule has 82 valence electrons. The molecule has 0 aliphatic carbocycles. The van der Waals surface area contributed by atoms with Crippen LogP contribution in [0.1, 0.15) is 37.7 Å². The van der Waals surface area contributed by atoms with Gasteiger partial charge in [0.1, 0.15) is 0 Å². The Kier molecular flexibility index (Phi) is 6.42. The second-order valence-corrected chi connectivity index (χ2v) is 4.78. The van der Waals surface area contributed by atoms with Crippen LogP contribution in [-0.2, 0) is 6.42 Å². The average Bonchev–Trinajstić information content (AvgIpc) is 2.26. The zero-order chi connectivity index (χ0) is 10.9. The topological polar surface area (TPSA) is 0 Å². The van der Waals surface area contributed by atoms with Crippen LogP contribution in [-0.4, -0.2) is 0 Å². The molecule has 0 unspecified atom stereocenters. The maximum absolute atomic E-state index is 3.73. The third kappa shape index (κ3) is 5.78. The quantitative estimate of drug-likeness (QED) is 0.474. The first-order chi connectivity index (χ1) is 7.33. The van der Waals surface area contributed by atoms with E-state index >= 15 is 0 Å². The van der Waals surface area contributed by atoms with Crippen molar-refractivity contribution in [2.45, 2.75) is 38.5 Å². The molecule has 15 heavy (non-hydrogen) atoms. The van der Waals surface area contributed by atoms with Crippen LogP contribution in [0.25, 0.3) is 0 Å². The van der Waals surface area contributed by atoms with E-state index in [-0.39, 0.29) is 0 Å². The molecule has 1 aromatic rings. The summed E-state index contributed by atoms with van der Waals surface area (Å²) in [6.45, 7) is 3.73. The van der Waals surface area contributed by atoms with E-state index in [0.29, 0.717) is 0 Å². The van der Waals surface area contributed by atoms with Gasteiger partial charge < -0.3 is 0 Å². The fourth-order valence-electron chi connectivity index (χ4n) is 1.62. The Bertz CT molecular complexity index is 274. The van der Waals surface area contributed by atoms with E-state index in [1.807, 2.05) is 6.08 Å². The van der Waals surface area contributed by atoms with Crippen molar-refractivity contribution >= 4 is 15.9 Å². The van der Waals surface area contributed by atoms with E-state index in [1.54, 1.807) is 0 Å². The highest BCUT2D eigenvalue weighted by Crippen LogP contribution is 2.13. The second kappa shape index (κ2) is 7.70. The summed E-state index contributed by atoms with van der Waals surface area (Å²) in [5.74, 6) is 0. The van der Waals surface area contributed by atoms with E-state index in [1.165, 1.54) is 37.7 Å². The number of aryl methyl sites for hydroxylation is 1. The molecule has 1 aromatic carbocycles. The molecule has 0 radical (unpaired) electrons. The van der Waals surface area contributed by atoms with Gasteiger partial charge >= 0.3 is 0 Å². The van der Waals surface area contributed by atoms with Crippen molar-refractivity contribution < 1.29 is 0 Å². The van der Waals surface area contributed by atoms with Gasteiger partial charge in [-0.2, -0.15) is 0 Å². The highest BCUT2D eigenvalue weighted by Gasteiger charge is 1.93. The molecule has 0 saturated heterocycles. The van der Waals surface area contributed by atoms with Gasteiger partial charge in [-0.25, -0.2) is 0 Å². The summed E-state index contributed by atoms with van der Waals surface area (Å²) in [4.78, 5) is 0. The molecule has 0 aliphatic rings. The molecule has 0 saturated carbocycles. The Hall–Kier alpha value is -0.560. The summed E-state index contributed by atoms with van der Waals surface area (Å²) >= 11 is 3.45. The van der Waals surface area contributed by atoms with Crippen LogP contribution in [0.2, 0.25) is 0 Å². The minimum Gasteiger partial charge on any atom is -0.103 e. The number of halogens is 1. The third-order valence-electron chi connectivity index (χ3n) is 2.54. The monoisotopic (exact) mass is 266 g/mol. The predicted molar refractivity (Wildman–Crippen MR) is 71.1 cm³/mol. The summed E-state index contributed by atoms with van der Waals surface area (Å²) in [7, 11) is 0. The largest absolute Gasteiger partial charge is 0.103 e. The molecule has 0 aromatic heterocycles. The lowest BCUT2D eigenvalue weighted by Crippen LogP contribution is -1.85. The standard InChI is InChI=1S/C14H19Br/c1-2-3-4-5-6-7-8-13-9-11-14(15)12-10-13/h2,9-12H,1,3-8H2. The number of allylic oxidation sites excluding steroid dienone is 1. The van der Waals surface area contributed by atoms with Crippen molar-refractivity contribution in [3.05, 3.63) is 47.0 Å². The summed E-state index contributed by atoms with van der Waals surface area (Å²) < 4.78 is 1.16. The highest BCUT2D eigenvalue weighted by molar-refractivity contribution is 9.10. The first kappa shape index (κ1) is 12.5. The number of unbranched alkanes of at least 4 members (excludes halogenated alkanes) is 4. The van der Waals surface area contributed by atoms with Crippen LogP contribution in [0, 0.1) is 0 Å². The molecule has 0 atom stereocenters. The van der Waals surface area contributed by atoms with Crippen LogP contribution in [0.3, 0.4) is 0 Å². The van der Waals surface area contributed by atoms with Crippen molar-refractivity contribution in [2.24, 2.45) is 0 Å². The molecular weight excluding hydrogens is 248 g/mol. The molecular formula is C14H19Br. The first-order valence-corrected chi connectivity index (χ1v) is 6.47. The van der Waals surface area contributed by atoms with Crippen LogP contribution < -0.4 is 0 Å². The second-order valence-electron chi connectivity index (χ2n) is 3.87. The summed E-state index contributed by atoms with van der Waals surface area (Å²) in [5, 5.41) is 0. The minimum absolute atomic E-state index is 1.16. The zero-order valence-electron chi connectivity index (χ0n) is 9.21. The SMILES string of the molecule is C=CCCCCCCc1ccc(Br)cc1. The van der Waals surface area contributed by atoms with Crippen molar-refractivity contribution in [2.75, 3.05) is 0 Å². The van der Waals surface area contributed by atoms with Crippen LogP contribution >= 0.6 is 15.9 Å². The number of rotatable bonds is 7. The summed E-state index contributed by atoms with van der Waals surface area (Å²) in [6, 6.07) is 8.64. The predicted octanol–water partition coefficient (Wildman–Crippen LogP) is 5.13. The van der Waals surface area contributed by atoms with E-state index in [4.69, 9.17) is 0 Å². The highest BCUT2D eigenvalue weighted by atomic mass is 79.9. The Morgan fingerprint density at radius 3 is 2.33 bits per heavy atom. The van der Waals surface area contributed by atoms with Gasteiger partial charge in [0.25, 0.3) is 0 Å². The number of hydrogen-bond donors (Lipinski definition) is 0. The molecule has 0 nitrogen and oxygen atoms in total. The lowest BCUT2D eigenvalue weighted by atomic mass is 10.1. The Morgan fingerprint density at radius 1 is 1.00 bits per heavy atom. The van der Waals surface area contributed by atoms with Crippen LogP contribution in [0.4, 0.5) is 0 Å². The molecule has 0 fully saturated rings. The van der Waals surface area contributed by atoms with Gasteiger partial charge in [-0.1, -0.05) is 47.0 Å². The van der Waals surface area contributed by atoms with Gasteiger partial charge in [-0.15, -0.1) is 6.58 Å². The lowest BCUT2D eigenvalue weighted by molar-refractivity contribution is 0.646. The molecule has 0 aliphatic heterocycles. The molecule has 0 N–H and O–H groups in total. The number of benzene rings is 1.